The van der Waals surface area contributed by atoms with Gasteiger partial charge in [0.2, 0.25) is 0 Å². The topological polar surface area (TPSA) is 111 Å². The molecule has 0 saturated carbocycles. The molecule has 7 N–H and O–H groups in total. The van der Waals surface area contributed by atoms with Gasteiger partial charge in [0, 0.05) is 30.8 Å². The van der Waals surface area contributed by atoms with Gasteiger partial charge in [-0.2, -0.15) is 0 Å². The second kappa shape index (κ2) is 7.53. The van der Waals surface area contributed by atoms with E-state index in [1.165, 1.54) is 0 Å². The SMILES string of the molecule is Nc1cccc(O)c1CNc1ccccc1NC(O)CCO. The molecule has 0 fully saturated rings. The normalized spacial score (nSPS) is 11.9. The summed E-state index contributed by atoms with van der Waals surface area (Å²) < 4.78 is 0. The Kier molecular flexibility index (Phi) is 5.46. The molecule has 1 atom stereocenters. The Morgan fingerprint density at radius 1 is 1.05 bits per heavy atom. The molecule has 0 spiro atoms. The number of para-hydroxylation sites is 2. The summed E-state index contributed by atoms with van der Waals surface area (Å²) in [7, 11) is 0. The summed E-state index contributed by atoms with van der Waals surface area (Å²) in [5.41, 5.74) is 8.46. The third-order valence-corrected chi connectivity index (χ3v) is 3.29. The largest absolute Gasteiger partial charge is 0.508 e. The standard InChI is InChI=1S/C16H21N3O3/c17-12-4-3-7-15(21)11(12)10-18-13-5-1-2-6-14(13)19-16(22)8-9-20/h1-7,16,18-22H,8-10,17H2. The molecular weight excluding hydrogens is 282 g/mol. The van der Waals surface area contributed by atoms with Crippen molar-refractivity contribution in [1.29, 1.82) is 0 Å². The van der Waals surface area contributed by atoms with Crippen LogP contribution in [0.4, 0.5) is 17.1 Å². The number of nitrogens with one attached hydrogen (secondary N) is 2. The molecule has 0 aromatic heterocycles. The number of aliphatic hydroxyl groups excluding tert-OH is 2. The molecule has 0 radical (unpaired) electrons. The van der Waals surface area contributed by atoms with Crippen LogP contribution >= 0.6 is 0 Å². The van der Waals surface area contributed by atoms with Crippen molar-refractivity contribution in [3.05, 3.63) is 48.0 Å². The fraction of sp³-hybridized carbons (Fsp3) is 0.250. The van der Waals surface area contributed by atoms with Crippen LogP contribution in [0, 0.1) is 0 Å². The molecule has 0 aliphatic rings. The van der Waals surface area contributed by atoms with Crippen molar-refractivity contribution in [3.63, 3.8) is 0 Å². The minimum Gasteiger partial charge on any atom is -0.508 e. The van der Waals surface area contributed by atoms with Gasteiger partial charge in [0.1, 0.15) is 12.0 Å². The van der Waals surface area contributed by atoms with E-state index in [0.29, 0.717) is 23.5 Å². The highest BCUT2D eigenvalue weighted by Gasteiger charge is 2.09. The quantitative estimate of drug-likeness (QED) is 0.343. The van der Waals surface area contributed by atoms with Crippen LogP contribution in [0.1, 0.15) is 12.0 Å². The van der Waals surface area contributed by atoms with E-state index in [0.717, 1.165) is 5.69 Å². The van der Waals surface area contributed by atoms with Gasteiger partial charge in [-0.3, -0.25) is 0 Å². The van der Waals surface area contributed by atoms with Crippen molar-refractivity contribution in [2.24, 2.45) is 0 Å². The van der Waals surface area contributed by atoms with Crippen LogP contribution in [0.5, 0.6) is 5.75 Å². The summed E-state index contributed by atoms with van der Waals surface area (Å²) in [5.74, 6) is 0.137. The first-order valence-corrected chi connectivity index (χ1v) is 7.06. The highest BCUT2D eigenvalue weighted by Crippen LogP contribution is 2.27. The first kappa shape index (κ1) is 15.9. The molecule has 118 valence electrons. The molecule has 0 saturated heterocycles. The van der Waals surface area contributed by atoms with Crippen LogP contribution in [0.15, 0.2) is 42.5 Å². The van der Waals surface area contributed by atoms with Crippen LogP contribution in [0.3, 0.4) is 0 Å². The first-order valence-electron chi connectivity index (χ1n) is 7.06. The number of aliphatic hydroxyl groups is 2. The Balaban J connectivity index is 2.10. The molecule has 6 heteroatoms. The average Bonchev–Trinajstić information content (AvgIpc) is 2.48. The summed E-state index contributed by atoms with van der Waals surface area (Å²) in [5, 5.41) is 34.5. The number of phenols is 1. The number of benzene rings is 2. The van der Waals surface area contributed by atoms with Crippen molar-refractivity contribution < 1.29 is 15.3 Å². The predicted molar refractivity (Wildman–Crippen MR) is 87.6 cm³/mol. The summed E-state index contributed by atoms with van der Waals surface area (Å²) in [6, 6.07) is 12.4. The lowest BCUT2D eigenvalue weighted by atomic mass is 10.1. The molecule has 0 aliphatic carbocycles. The molecule has 6 nitrogen and oxygen atoms in total. The Hall–Kier alpha value is -2.44. The van der Waals surface area contributed by atoms with Gasteiger partial charge in [-0.05, 0) is 24.3 Å². The average molecular weight is 303 g/mol. The van der Waals surface area contributed by atoms with Gasteiger partial charge in [0.05, 0.1) is 11.4 Å². The summed E-state index contributed by atoms with van der Waals surface area (Å²) in [6.45, 7) is 0.255. The van der Waals surface area contributed by atoms with Crippen LogP contribution in [-0.4, -0.2) is 28.2 Å². The zero-order chi connectivity index (χ0) is 15.9. The Morgan fingerprint density at radius 2 is 1.77 bits per heavy atom. The van der Waals surface area contributed by atoms with Gasteiger partial charge >= 0.3 is 0 Å². The lowest BCUT2D eigenvalue weighted by Gasteiger charge is -2.18. The molecular formula is C16H21N3O3. The number of anilines is 3. The van der Waals surface area contributed by atoms with Crippen molar-refractivity contribution in [2.45, 2.75) is 19.2 Å². The van der Waals surface area contributed by atoms with Gasteiger partial charge in [-0.15, -0.1) is 0 Å². The van der Waals surface area contributed by atoms with Crippen LogP contribution in [0.25, 0.3) is 0 Å². The molecule has 0 heterocycles. The van der Waals surface area contributed by atoms with Crippen LogP contribution < -0.4 is 16.4 Å². The number of aromatic hydroxyl groups is 1. The number of hydrogen-bond donors (Lipinski definition) is 6. The van der Waals surface area contributed by atoms with Crippen molar-refractivity contribution in [2.75, 3.05) is 23.0 Å². The summed E-state index contributed by atoms with van der Waals surface area (Å²) in [6.07, 6.45) is -0.594. The molecule has 0 bridgehead atoms. The minimum atomic E-state index is -0.830. The van der Waals surface area contributed by atoms with Crippen LogP contribution in [-0.2, 0) is 6.54 Å². The number of hydrogen-bond acceptors (Lipinski definition) is 6. The van der Waals surface area contributed by atoms with Crippen molar-refractivity contribution in [3.8, 4) is 5.75 Å². The van der Waals surface area contributed by atoms with Gasteiger partial charge in [0.25, 0.3) is 0 Å². The van der Waals surface area contributed by atoms with E-state index >= 15 is 0 Å². The van der Waals surface area contributed by atoms with E-state index in [-0.39, 0.29) is 18.8 Å². The smallest absolute Gasteiger partial charge is 0.126 e. The Morgan fingerprint density at radius 3 is 2.45 bits per heavy atom. The molecule has 2 rings (SSSR count). The first-order chi connectivity index (χ1) is 10.6. The van der Waals surface area contributed by atoms with Crippen LogP contribution in [0.2, 0.25) is 0 Å². The van der Waals surface area contributed by atoms with E-state index in [1.54, 1.807) is 18.2 Å². The van der Waals surface area contributed by atoms with E-state index in [9.17, 15) is 10.2 Å². The third-order valence-electron chi connectivity index (χ3n) is 3.29. The Bertz CT molecular complexity index is 599. The fourth-order valence-electron chi connectivity index (χ4n) is 2.11. The number of rotatable bonds is 7. The van der Waals surface area contributed by atoms with E-state index in [1.807, 2.05) is 24.3 Å². The zero-order valence-corrected chi connectivity index (χ0v) is 12.2. The lowest BCUT2D eigenvalue weighted by molar-refractivity contribution is 0.155. The maximum Gasteiger partial charge on any atom is 0.126 e. The third kappa shape index (κ3) is 4.03. The molecule has 2 aromatic carbocycles. The van der Waals surface area contributed by atoms with E-state index in [2.05, 4.69) is 10.6 Å². The zero-order valence-electron chi connectivity index (χ0n) is 12.2. The molecule has 1 unspecified atom stereocenters. The second-order valence-corrected chi connectivity index (χ2v) is 4.92. The highest BCUT2D eigenvalue weighted by atomic mass is 16.3. The molecule has 0 amide bonds. The van der Waals surface area contributed by atoms with Gasteiger partial charge in [-0.1, -0.05) is 18.2 Å². The van der Waals surface area contributed by atoms with Gasteiger partial charge in [-0.25, -0.2) is 0 Å². The summed E-state index contributed by atoms with van der Waals surface area (Å²) >= 11 is 0. The second-order valence-electron chi connectivity index (χ2n) is 4.92. The summed E-state index contributed by atoms with van der Waals surface area (Å²) in [4.78, 5) is 0. The fourth-order valence-corrected chi connectivity index (χ4v) is 2.11. The monoisotopic (exact) mass is 303 g/mol. The molecule has 0 aliphatic heterocycles. The van der Waals surface area contributed by atoms with Crippen molar-refractivity contribution in [1.82, 2.24) is 0 Å². The van der Waals surface area contributed by atoms with E-state index < -0.39 is 6.23 Å². The molecule has 22 heavy (non-hydrogen) atoms. The number of nitrogens with two attached hydrogens (primary N) is 1. The van der Waals surface area contributed by atoms with E-state index in [4.69, 9.17) is 10.8 Å². The number of phenolic OH excluding ortho intramolecular Hbond substituents is 1. The minimum absolute atomic E-state index is 0.0990. The maximum atomic E-state index is 9.85. The van der Waals surface area contributed by atoms with Gasteiger partial charge < -0.3 is 31.7 Å². The maximum absolute atomic E-state index is 9.85. The van der Waals surface area contributed by atoms with Crippen molar-refractivity contribution >= 4 is 17.1 Å². The lowest BCUT2D eigenvalue weighted by Crippen LogP contribution is -2.20. The van der Waals surface area contributed by atoms with Gasteiger partial charge in [0.15, 0.2) is 0 Å². The number of nitrogen functional groups attached to an aromatic ring is 1. The Labute approximate surface area is 129 Å². The highest BCUT2D eigenvalue weighted by molar-refractivity contribution is 5.69. The molecule has 2 aromatic rings. The predicted octanol–water partition coefficient (Wildman–Crippen LogP) is 1.70.